The van der Waals surface area contributed by atoms with E-state index in [2.05, 4.69) is 108 Å². The van der Waals surface area contributed by atoms with E-state index in [-0.39, 0.29) is 12.0 Å². The van der Waals surface area contributed by atoms with Crippen molar-refractivity contribution < 1.29 is 4.74 Å². The number of hydrogen-bond acceptors (Lipinski definition) is 4. The summed E-state index contributed by atoms with van der Waals surface area (Å²) in [4.78, 5) is 15.1. The van der Waals surface area contributed by atoms with Crippen molar-refractivity contribution in [3.05, 3.63) is 181 Å². The Morgan fingerprint density at radius 2 is 1.10 bits per heavy atom. The number of hydrogen-bond donors (Lipinski definition) is 0. The van der Waals surface area contributed by atoms with Gasteiger partial charge in [-0.2, -0.15) is 0 Å². The molecule has 1 aliphatic carbocycles. The highest BCUT2D eigenvalue weighted by Gasteiger charge is 2.42. The lowest BCUT2D eigenvalue weighted by molar-refractivity contribution is 0.224. The largest absolute Gasteiger partial charge is 0.484 e. The van der Waals surface area contributed by atoms with Crippen LogP contribution in [0.2, 0.25) is 0 Å². The van der Waals surface area contributed by atoms with Gasteiger partial charge in [-0.1, -0.05) is 140 Å². The van der Waals surface area contributed by atoms with Crippen molar-refractivity contribution in [2.24, 2.45) is 0 Å². The fraction of sp³-hybridized carbons (Fsp3) is 0.0444. The van der Waals surface area contributed by atoms with E-state index in [0.717, 1.165) is 44.9 Å². The molecule has 0 N–H and O–H groups in total. The minimum Gasteiger partial charge on any atom is -0.484 e. The minimum absolute atomic E-state index is 0.0132. The smallest absolute Gasteiger partial charge is 0.164 e. The van der Waals surface area contributed by atoms with Crippen LogP contribution in [0.15, 0.2) is 164 Å². The Bertz CT molecular complexity index is 2520. The average molecular weight is 643 g/mol. The summed E-state index contributed by atoms with van der Waals surface area (Å²) in [6.45, 7) is 0. The summed E-state index contributed by atoms with van der Waals surface area (Å²) in [7, 11) is 0. The summed E-state index contributed by atoms with van der Waals surface area (Å²) >= 11 is 0. The lowest BCUT2D eigenvalue weighted by Crippen LogP contribution is -2.14. The molecular weight excluding hydrogens is 613 g/mol. The molecule has 0 saturated carbocycles. The van der Waals surface area contributed by atoms with Crippen LogP contribution in [0.4, 0.5) is 0 Å². The van der Waals surface area contributed by atoms with Crippen LogP contribution in [0.3, 0.4) is 0 Å². The van der Waals surface area contributed by atoms with Crippen LogP contribution in [0, 0.1) is 0 Å². The third kappa shape index (κ3) is 4.59. The zero-order valence-corrected chi connectivity index (χ0v) is 27.0. The molecule has 2 aliphatic rings. The van der Waals surface area contributed by atoms with Crippen LogP contribution in [0.1, 0.15) is 28.8 Å². The molecule has 0 spiro atoms. The van der Waals surface area contributed by atoms with E-state index in [1.165, 1.54) is 22.1 Å². The van der Waals surface area contributed by atoms with Crippen molar-refractivity contribution in [2.75, 3.05) is 0 Å². The summed E-state index contributed by atoms with van der Waals surface area (Å²) in [6.07, 6.45) is 4.38. The van der Waals surface area contributed by atoms with Crippen molar-refractivity contribution in [3.63, 3.8) is 0 Å². The topological polar surface area (TPSA) is 52.8 Å². The molecule has 0 saturated heterocycles. The standard InChI is InChI=1S/C45H30N4O/c1-4-14-29(15-5-1)32-20-12-21-33(28-32)49-37-24-11-10-22-34(37)41-38(49)27-26-35-40-36(23-13-25-39(40)50-42(35)41)45-47-43(30-16-6-2-7-17-30)46-44(48-45)31-18-8-3-9-19-31/h1-28,35,42H. The van der Waals surface area contributed by atoms with Gasteiger partial charge >= 0.3 is 0 Å². The molecule has 2 unspecified atom stereocenters. The molecule has 3 heterocycles. The molecule has 8 aromatic rings. The fourth-order valence-electron chi connectivity index (χ4n) is 7.59. The average Bonchev–Trinajstić information content (AvgIpc) is 3.75. The number of rotatable bonds is 5. The third-order valence-electron chi connectivity index (χ3n) is 9.83. The summed E-state index contributed by atoms with van der Waals surface area (Å²) in [5, 5.41) is 1.19. The van der Waals surface area contributed by atoms with Crippen molar-refractivity contribution >= 4 is 17.0 Å². The molecule has 2 aromatic heterocycles. The second-order valence-corrected chi connectivity index (χ2v) is 12.7. The van der Waals surface area contributed by atoms with Crippen molar-refractivity contribution in [1.82, 2.24) is 19.5 Å². The summed E-state index contributed by atoms with van der Waals surface area (Å²) in [5.41, 5.74) is 11.0. The van der Waals surface area contributed by atoms with E-state index in [4.69, 9.17) is 19.7 Å². The maximum atomic E-state index is 6.94. The fourth-order valence-corrected chi connectivity index (χ4v) is 7.59. The molecule has 0 amide bonds. The molecule has 10 rings (SSSR count). The highest BCUT2D eigenvalue weighted by Crippen LogP contribution is 2.55. The van der Waals surface area contributed by atoms with Gasteiger partial charge in [0.05, 0.1) is 11.2 Å². The van der Waals surface area contributed by atoms with Gasteiger partial charge in [-0.3, -0.25) is 0 Å². The number of fused-ring (bicyclic) bond motifs is 7. The minimum atomic E-state index is -0.196. The van der Waals surface area contributed by atoms with E-state index >= 15 is 0 Å². The van der Waals surface area contributed by atoms with Crippen LogP contribution in [-0.2, 0) is 0 Å². The van der Waals surface area contributed by atoms with Gasteiger partial charge < -0.3 is 9.30 Å². The van der Waals surface area contributed by atoms with Crippen LogP contribution < -0.4 is 4.74 Å². The molecule has 6 aromatic carbocycles. The Hall–Kier alpha value is -6.59. The van der Waals surface area contributed by atoms with Gasteiger partial charge in [0.15, 0.2) is 17.5 Å². The number of para-hydroxylation sites is 1. The predicted octanol–water partition coefficient (Wildman–Crippen LogP) is 10.7. The quantitative estimate of drug-likeness (QED) is 0.187. The highest BCUT2D eigenvalue weighted by atomic mass is 16.5. The molecule has 5 heteroatoms. The summed E-state index contributed by atoms with van der Waals surface area (Å²) in [6, 6.07) is 54.5. The van der Waals surface area contributed by atoms with E-state index in [1.807, 2.05) is 66.7 Å². The van der Waals surface area contributed by atoms with Crippen LogP contribution >= 0.6 is 0 Å². The SMILES string of the molecule is C1=CC2c3c(cccc3-c3nc(-c4ccccc4)nc(-c4ccccc4)n3)OC2c2c1n(-c1cccc(-c3ccccc3)c1)c1ccccc21. The second-order valence-electron chi connectivity index (χ2n) is 12.7. The molecule has 0 radical (unpaired) electrons. The Kier molecular flexibility index (Phi) is 6.56. The maximum Gasteiger partial charge on any atom is 0.164 e. The predicted molar refractivity (Wildman–Crippen MR) is 200 cm³/mol. The van der Waals surface area contributed by atoms with Gasteiger partial charge in [-0.15, -0.1) is 0 Å². The molecular formula is C45H30N4O. The van der Waals surface area contributed by atoms with Gasteiger partial charge in [0.2, 0.25) is 0 Å². The van der Waals surface area contributed by atoms with Gasteiger partial charge in [-0.05, 0) is 41.5 Å². The van der Waals surface area contributed by atoms with E-state index in [0.29, 0.717) is 17.5 Å². The molecule has 2 atom stereocenters. The first kappa shape index (κ1) is 28.4. The normalized spacial score (nSPS) is 15.7. The monoisotopic (exact) mass is 642 g/mol. The van der Waals surface area contributed by atoms with E-state index in [9.17, 15) is 0 Å². The van der Waals surface area contributed by atoms with E-state index < -0.39 is 0 Å². The zero-order valence-electron chi connectivity index (χ0n) is 27.0. The molecule has 0 bridgehead atoms. The summed E-state index contributed by atoms with van der Waals surface area (Å²) < 4.78 is 9.32. The molecule has 0 fully saturated rings. The summed E-state index contributed by atoms with van der Waals surface area (Å²) in [5.74, 6) is 2.77. The highest BCUT2D eigenvalue weighted by molar-refractivity contribution is 5.92. The number of ether oxygens (including phenoxy) is 1. The van der Waals surface area contributed by atoms with Gasteiger partial charge in [-0.25, -0.2) is 15.0 Å². The number of nitrogens with zero attached hydrogens (tertiary/aromatic N) is 4. The Balaban J connectivity index is 1.12. The van der Waals surface area contributed by atoms with Crippen LogP contribution in [0.5, 0.6) is 5.75 Å². The number of benzene rings is 6. The van der Waals surface area contributed by atoms with Crippen LogP contribution in [0.25, 0.3) is 68.0 Å². The molecule has 5 nitrogen and oxygen atoms in total. The van der Waals surface area contributed by atoms with Crippen molar-refractivity contribution in [3.8, 4) is 56.7 Å². The number of aromatic nitrogens is 4. The molecule has 50 heavy (non-hydrogen) atoms. The lowest BCUT2D eigenvalue weighted by atomic mass is 9.83. The van der Waals surface area contributed by atoms with Crippen molar-refractivity contribution in [2.45, 2.75) is 12.0 Å². The molecule has 236 valence electrons. The van der Waals surface area contributed by atoms with Gasteiger partial charge in [0.25, 0.3) is 0 Å². The van der Waals surface area contributed by atoms with Gasteiger partial charge in [0.1, 0.15) is 11.9 Å². The first-order chi connectivity index (χ1) is 24.8. The zero-order chi connectivity index (χ0) is 33.0. The Labute approximate surface area is 289 Å². The van der Waals surface area contributed by atoms with E-state index in [1.54, 1.807) is 0 Å². The van der Waals surface area contributed by atoms with Crippen LogP contribution in [-0.4, -0.2) is 19.5 Å². The first-order valence-electron chi connectivity index (χ1n) is 16.9. The second kappa shape index (κ2) is 11.5. The lowest BCUT2D eigenvalue weighted by Gasteiger charge is -2.23. The molecule has 1 aliphatic heterocycles. The van der Waals surface area contributed by atoms with Gasteiger partial charge in [0, 0.05) is 44.8 Å². The Morgan fingerprint density at radius 1 is 0.500 bits per heavy atom. The maximum absolute atomic E-state index is 6.94. The first-order valence-corrected chi connectivity index (χ1v) is 16.9. The third-order valence-corrected chi connectivity index (χ3v) is 9.83. The van der Waals surface area contributed by atoms with Crippen molar-refractivity contribution in [1.29, 1.82) is 0 Å². The Morgan fingerprint density at radius 3 is 1.82 bits per heavy atom.